The molecule has 3 aliphatic carbocycles. The van der Waals surface area contributed by atoms with Gasteiger partial charge >= 0.3 is 6.09 Å². The van der Waals surface area contributed by atoms with Crippen molar-refractivity contribution in [3.63, 3.8) is 0 Å². The molecule has 0 heterocycles. The molecule has 1 N–H and O–H groups in total. The molecule has 2 bridgehead atoms. The Morgan fingerprint density at radius 2 is 1.38 bits per heavy atom. The monoisotopic (exact) mass is 563 g/mol. The lowest BCUT2D eigenvalue weighted by molar-refractivity contribution is -0.123. The number of hydrogen-bond donors (Lipinski definition) is 1. The van der Waals surface area contributed by atoms with E-state index in [1.165, 1.54) is 16.8 Å². The molecule has 0 saturated heterocycles. The molecule has 0 radical (unpaired) electrons. The number of anilines is 3. The topological polar surface area (TPSA) is 79.0 Å². The molecule has 3 aromatic carbocycles. The number of fused-ring (bicyclic) bond motifs is 5. The Morgan fingerprint density at radius 1 is 0.833 bits per heavy atom. The van der Waals surface area contributed by atoms with E-state index < -0.39 is 6.09 Å². The number of nitrogens with zero attached hydrogens (tertiary/aromatic N) is 2. The average molecular weight is 564 g/mol. The summed E-state index contributed by atoms with van der Waals surface area (Å²) in [5, 5.41) is 2.84. The van der Waals surface area contributed by atoms with Crippen LogP contribution in [0.2, 0.25) is 0 Å². The maximum absolute atomic E-state index is 12.8. The number of nitrogens with one attached hydrogen (secondary N) is 1. The van der Waals surface area contributed by atoms with Crippen molar-refractivity contribution in [2.24, 2.45) is 23.7 Å². The Bertz CT molecular complexity index is 1530. The molecule has 1 amide bonds. The van der Waals surface area contributed by atoms with Gasteiger partial charge in [0.1, 0.15) is 17.3 Å². The van der Waals surface area contributed by atoms with Crippen LogP contribution in [0, 0.1) is 23.7 Å². The third-order valence-electron chi connectivity index (χ3n) is 9.23. The van der Waals surface area contributed by atoms with Gasteiger partial charge in [-0.2, -0.15) is 0 Å². The van der Waals surface area contributed by atoms with E-state index in [2.05, 4.69) is 77.6 Å². The summed E-state index contributed by atoms with van der Waals surface area (Å²) in [5.41, 5.74) is 6.40. The molecule has 216 valence electrons. The Balaban J connectivity index is 1.19. The lowest BCUT2D eigenvalue weighted by atomic mass is 9.84. The van der Waals surface area contributed by atoms with E-state index in [0.29, 0.717) is 17.9 Å². The zero-order valence-electron chi connectivity index (χ0n) is 24.5. The van der Waals surface area contributed by atoms with Crippen LogP contribution < -0.4 is 15.1 Å². The third kappa shape index (κ3) is 5.08. The molecule has 7 heteroatoms. The van der Waals surface area contributed by atoms with Crippen LogP contribution in [0.1, 0.15) is 42.4 Å². The summed E-state index contributed by atoms with van der Waals surface area (Å²) >= 11 is 0. The number of allylic oxidation sites excluding steroid dienone is 2. The summed E-state index contributed by atoms with van der Waals surface area (Å²) in [6.45, 7) is 3.07. The standard InChI is InChI=1S/C35H37N3O4/c1-5-38(4)27-16-10-23(11-17-27)32(22-8-14-26(15-9-22)37(2)3)21-6-12-25(13-7-21)36-35(41)42-31-19-24-18-28(31)34-30(40)20-29(39)33(24)34/h6-17,19,24,28,32-34H,5,18,20H2,1-4H3,(H,36,41). The normalized spacial score (nSPS) is 22.9. The molecule has 5 unspecified atom stereocenters. The molecule has 3 aliphatic rings. The van der Waals surface area contributed by atoms with Crippen LogP contribution in [0.15, 0.2) is 84.6 Å². The van der Waals surface area contributed by atoms with Crippen LogP contribution in [0.5, 0.6) is 0 Å². The van der Waals surface area contributed by atoms with E-state index in [1.54, 1.807) is 0 Å². The first-order valence-corrected chi connectivity index (χ1v) is 14.7. The molecule has 0 spiro atoms. The first kappa shape index (κ1) is 27.8. The second-order valence-corrected chi connectivity index (χ2v) is 11.9. The molecule has 3 aromatic rings. The van der Waals surface area contributed by atoms with Gasteiger partial charge in [0.05, 0.1) is 6.42 Å². The SMILES string of the molecule is CCN(C)c1ccc(C(c2ccc(NC(=O)OC3=CC4CC3C3C(=O)CC(=O)C43)cc2)c2ccc(N(C)C)cc2)cc1. The zero-order valence-corrected chi connectivity index (χ0v) is 24.5. The number of amides is 1. The number of rotatable bonds is 8. The van der Waals surface area contributed by atoms with Crippen LogP contribution >= 0.6 is 0 Å². The fourth-order valence-electron chi connectivity index (χ4n) is 6.94. The molecule has 5 atom stereocenters. The predicted molar refractivity (Wildman–Crippen MR) is 165 cm³/mol. The van der Waals surface area contributed by atoms with Crippen molar-refractivity contribution in [1.29, 1.82) is 0 Å². The minimum atomic E-state index is -0.582. The van der Waals surface area contributed by atoms with Gasteiger partial charge in [0.15, 0.2) is 0 Å². The highest BCUT2D eigenvalue weighted by molar-refractivity contribution is 6.09. The number of Topliss-reactive ketones (excluding diaryl/α,β-unsaturated/α-hetero) is 2. The van der Waals surface area contributed by atoms with E-state index >= 15 is 0 Å². The van der Waals surface area contributed by atoms with Crippen molar-refractivity contribution >= 4 is 34.7 Å². The second-order valence-electron chi connectivity index (χ2n) is 11.9. The Kier molecular flexibility index (Phi) is 7.35. The van der Waals surface area contributed by atoms with Crippen molar-refractivity contribution in [1.82, 2.24) is 0 Å². The number of ketones is 2. The van der Waals surface area contributed by atoms with Crippen molar-refractivity contribution in [3.05, 3.63) is 101 Å². The zero-order chi connectivity index (χ0) is 29.5. The van der Waals surface area contributed by atoms with Gasteiger partial charge in [-0.05, 0) is 78.4 Å². The van der Waals surface area contributed by atoms with Crippen LogP contribution in [-0.2, 0) is 14.3 Å². The molecular formula is C35H37N3O4. The summed E-state index contributed by atoms with van der Waals surface area (Å²) in [5.74, 6) is -0.152. The van der Waals surface area contributed by atoms with E-state index in [0.717, 1.165) is 17.8 Å². The Hall–Kier alpha value is -4.39. The van der Waals surface area contributed by atoms with E-state index in [9.17, 15) is 14.4 Å². The minimum Gasteiger partial charge on any atom is -0.415 e. The number of benzene rings is 3. The Labute approximate surface area is 247 Å². The lowest BCUT2D eigenvalue weighted by Gasteiger charge is -2.23. The van der Waals surface area contributed by atoms with Gasteiger partial charge in [0.2, 0.25) is 0 Å². The summed E-state index contributed by atoms with van der Waals surface area (Å²) in [6, 6.07) is 25.2. The number of carbonyl (C=O) groups excluding carboxylic acids is 3. The number of hydrogen-bond acceptors (Lipinski definition) is 6. The van der Waals surface area contributed by atoms with Crippen molar-refractivity contribution < 1.29 is 19.1 Å². The molecule has 7 nitrogen and oxygen atoms in total. The van der Waals surface area contributed by atoms with Gasteiger partial charge in [-0.15, -0.1) is 0 Å². The molecule has 0 aromatic heterocycles. The average Bonchev–Trinajstić information content (AvgIpc) is 3.66. The summed E-state index contributed by atoms with van der Waals surface area (Å²) in [6.07, 6.45) is 2.02. The van der Waals surface area contributed by atoms with Crippen LogP contribution in [0.4, 0.5) is 21.9 Å². The van der Waals surface area contributed by atoms with E-state index in [4.69, 9.17) is 4.74 Å². The van der Waals surface area contributed by atoms with Crippen LogP contribution in [0.25, 0.3) is 0 Å². The fourth-order valence-corrected chi connectivity index (χ4v) is 6.94. The minimum absolute atomic E-state index is 0.00111. The van der Waals surface area contributed by atoms with Crippen molar-refractivity contribution in [2.75, 3.05) is 42.8 Å². The molecule has 0 aliphatic heterocycles. The third-order valence-corrected chi connectivity index (χ3v) is 9.23. The fraction of sp³-hybridized carbons (Fsp3) is 0.343. The Morgan fingerprint density at radius 3 is 1.95 bits per heavy atom. The largest absolute Gasteiger partial charge is 0.416 e. The molecule has 6 rings (SSSR count). The van der Waals surface area contributed by atoms with Gasteiger partial charge in [-0.1, -0.05) is 36.4 Å². The number of carbonyl (C=O) groups is 3. The lowest BCUT2D eigenvalue weighted by Crippen LogP contribution is -2.27. The highest BCUT2D eigenvalue weighted by atomic mass is 16.6. The van der Waals surface area contributed by atoms with Gasteiger partial charge in [0.25, 0.3) is 0 Å². The summed E-state index contributed by atoms with van der Waals surface area (Å²) < 4.78 is 5.67. The maximum atomic E-state index is 12.8. The number of ether oxygens (including phenoxy) is 1. The van der Waals surface area contributed by atoms with E-state index in [-0.39, 0.29) is 47.6 Å². The van der Waals surface area contributed by atoms with Crippen molar-refractivity contribution in [3.8, 4) is 0 Å². The van der Waals surface area contributed by atoms with Gasteiger partial charge < -0.3 is 14.5 Å². The summed E-state index contributed by atoms with van der Waals surface area (Å²) in [7, 11) is 6.15. The van der Waals surface area contributed by atoms with Crippen LogP contribution in [-0.4, -0.2) is 45.3 Å². The molecule has 2 fully saturated rings. The maximum Gasteiger partial charge on any atom is 0.416 e. The van der Waals surface area contributed by atoms with Crippen LogP contribution in [0.3, 0.4) is 0 Å². The molecule has 42 heavy (non-hydrogen) atoms. The first-order chi connectivity index (χ1) is 20.2. The molecular weight excluding hydrogens is 526 g/mol. The highest BCUT2D eigenvalue weighted by Gasteiger charge is 2.58. The smallest absolute Gasteiger partial charge is 0.415 e. The quantitative estimate of drug-likeness (QED) is 0.258. The highest BCUT2D eigenvalue weighted by Crippen LogP contribution is 2.55. The first-order valence-electron chi connectivity index (χ1n) is 14.7. The van der Waals surface area contributed by atoms with Gasteiger partial charge in [-0.25, -0.2) is 4.79 Å². The van der Waals surface area contributed by atoms with Gasteiger partial charge in [0, 0.05) is 68.4 Å². The predicted octanol–water partition coefficient (Wildman–Crippen LogP) is 6.25. The molecule has 2 saturated carbocycles. The second kappa shape index (κ2) is 11.1. The summed E-state index contributed by atoms with van der Waals surface area (Å²) in [4.78, 5) is 41.7. The van der Waals surface area contributed by atoms with Crippen molar-refractivity contribution in [2.45, 2.75) is 25.7 Å². The van der Waals surface area contributed by atoms with E-state index in [1.807, 2.05) is 44.4 Å². The van der Waals surface area contributed by atoms with Gasteiger partial charge in [-0.3, -0.25) is 14.9 Å².